The van der Waals surface area contributed by atoms with Gasteiger partial charge in [0.15, 0.2) is 5.69 Å². The molecular weight excluding hydrogens is 404 g/mol. The molecular formula is C25H26N4O3. The summed E-state index contributed by atoms with van der Waals surface area (Å²) in [5, 5.41) is 4.50. The molecule has 0 saturated carbocycles. The third-order valence-electron chi connectivity index (χ3n) is 6.07. The van der Waals surface area contributed by atoms with Gasteiger partial charge in [-0.15, -0.1) is 0 Å². The van der Waals surface area contributed by atoms with E-state index in [1.54, 1.807) is 34.1 Å². The summed E-state index contributed by atoms with van der Waals surface area (Å²) in [5.74, 6) is 1.37. The zero-order chi connectivity index (χ0) is 21.9. The second-order valence-corrected chi connectivity index (χ2v) is 8.23. The molecule has 7 heteroatoms. The summed E-state index contributed by atoms with van der Waals surface area (Å²) in [6.07, 6.45) is 3.25. The minimum Gasteiger partial charge on any atom is -0.457 e. The van der Waals surface area contributed by atoms with Gasteiger partial charge in [-0.05, 0) is 61.7 Å². The first-order chi connectivity index (χ1) is 15.7. The Morgan fingerprint density at radius 2 is 1.41 bits per heavy atom. The highest BCUT2D eigenvalue weighted by Gasteiger charge is 2.27. The number of piperazine rings is 1. The fraction of sp³-hybridized carbons (Fsp3) is 0.320. The lowest BCUT2D eigenvalue weighted by molar-refractivity contribution is 0.0532. The third-order valence-corrected chi connectivity index (χ3v) is 6.07. The van der Waals surface area contributed by atoms with Crippen molar-refractivity contribution in [2.75, 3.05) is 26.2 Å². The van der Waals surface area contributed by atoms with E-state index in [1.807, 2.05) is 41.1 Å². The van der Waals surface area contributed by atoms with Gasteiger partial charge in [-0.3, -0.25) is 14.3 Å². The molecule has 1 saturated heterocycles. The van der Waals surface area contributed by atoms with Crippen molar-refractivity contribution in [3.8, 4) is 11.5 Å². The normalized spacial score (nSPS) is 15.9. The predicted molar refractivity (Wildman–Crippen MR) is 120 cm³/mol. The molecule has 0 unspecified atom stereocenters. The van der Waals surface area contributed by atoms with Crippen LogP contribution in [0.3, 0.4) is 0 Å². The molecule has 2 aliphatic rings. The van der Waals surface area contributed by atoms with Crippen molar-refractivity contribution in [2.45, 2.75) is 25.8 Å². The maximum absolute atomic E-state index is 12.9. The number of hydrogen-bond donors (Lipinski definition) is 0. The van der Waals surface area contributed by atoms with Crippen molar-refractivity contribution < 1.29 is 14.3 Å². The van der Waals surface area contributed by atoms with E-state index in [1.165, 1.54) is 0 Å². The first-order valence-electron chi connectivity index (χ1n) is 11.2. The van der Waals surface area contributed by atoms with Gasteiger partial charge in [-0.2, -0.15) is 5.10 Å². The molecule has 0 atom stereocenters. The van der Waals surface area contributed by atoms with Crippen molar-refractivity contribution in [1.82, 2.24) is 19.6 Å². The van der Waals surface area contributed by atoms with Crippen molar-refractivity contribution in [2.24, 2.45) is 0 Å². The number of para-hydroxylation sites is 1. The van der Waals surface area contributed by atoms with Crippen LogP contribution in [0.1, 0.15) is 39.4 Å². The van der Waals surface area contributed by atoms with Crippen LogP contribution in [0.4, 0.5) is 0 Å². The Labute approximate surface area is 187 Å². The smallest absolute Gasteiger partial charge is 0.274 e. The average Bonchev–Trinajstić information content (AvgIpc) is 3.29. The molecule has 3 aromatic rings. The van der Waals surface area contributed by atoms with Gasteiger partial charge in [0.25, 0.3) is 11.8 Å². The van der Waals surface area contributed by atoms with Crippen molar-refractivity contribution >= 4 is 11.8 Å². The summed E-state index contributed by atoms with van der Waals surface area (Å²) in [7, 11) is 0. The van der Waals surface area contributed by atoms with E-state index in [4.69, 9.17) is 4.74 Å². The van der Waals surface area contributed by atoms with Gasteiger partial charge < -0.3 is 14.5 Å². The number of ether oxygens (including phenoxy) is 1. The molecule has 0 bridgehead atoms. The number of nitrogens with zero attached hydrogens (tertiary/aromatic N) is 4. The number of carbonyl (C=O) groups is 2. The van der Waals surface area contributed by atoms with Crippen molar-refractivity contribution in [3.63, 3.8) is 0 Å². The SMILES string of the molecule is O=C(c1ccc(Oc2ccccc2)cc1)N1CCN(C(=O)c2cc3n(n2)CCCC3)CC1. The van der Waals surface area contributed by atoms with Crippen LogP contribution in [0.5, 0.6) is 11.5 Å². The summed E-state index contributed by atoms with van der Waals surface area (Å²) in [6.45, 7) is 2.95. The summed E-state index contributed by atoms with van der Waals surface area (Å²) in [5.41, 5.74) is 2.29. The molecule has 0 aliphatic carbocycles. The fourth-order valence-corrected chi connectivity index (χ4v) is 4.27. The van der Waals surface area contributed by atoms with E-state index in [9.17, 15) is 9.59 Å². The number of fused-ring (bicyclic) bond motifs is 1. The van der Waals surface area contributed by atoms with Crippen LogP contribution in [0.15, 0.2) is 60.7 Å². The highest BCUT2D eigenvalue weighted by atomic mass is 16.5. The molecule has 1 fully saturated rings. The van der Waals surface area contributed by atoms with Gasteiger partial charge in [0.1, 0.15) is 11.5 Å². The van der Waals surface area contributed by atoms with Crippen molar-refractivity contribution in [1.29, 1.82) is 0 Å². The molecule has 0 radical (unpaired) electrons. The summed E-state index contributed by atoms with van der Waals surface area (Å²) in [6, 6.07) is 18.7. The molecule has 2 aliphatic heterocycles. The molecule has 7 nitrogen and oxygen atoms in total. The number of rotatable bonds is 4. The van der Waals surface area contributed by atoms with Crippen LogP contribution in [0.2, 0.25) is 0 Å². The molecule has 1 aromatic heterocycles. The predicted octanol–water partition coefficient (Wildman–Crippen LogP) is 3.61. The van der Waals surface area contributed by atoms with E-state index in [0.29, 0.717) is 43.2 Å². The minimum atomic E-state index is -0.0404. The van der Waals surface area contributed by atoms with Gasteiger partial charge in [0.2, 0.25) is 0 Å². The second-order valence-electron chi connectivity index (χ2n) is 8.23. The number of amides is 2. The molecule has 0 spiro atoms. The summed E-state index contributed by atoms with van der Waals surface area (Å²) < 4.78 is 7.75. The van der Waals surface area contributed by atoms with Crippen LogP contribution >= 0.6 is 0 Å². The molecule has 2 aromatic carbocycles. The van der Waals surface area contributed by atoms with Gasteiger partial charge in [-0.25, -0.2) is 0 Å². The van der Waals surface area contributed by atoms with E-state index in [2.05, 4.69) is 5.10 Å². The number of hydrogen-bond acceptors (Lipinski definition) is 4. The Kier molecular flexibility index (Phi) is 5.62. The number of aromatic nitrogens is 2. The van der Waals surface area contributed by atoms with Crippen LogP contribution in [-0.4, -0.2) is 57.6 Å². The Hall–Kier alpha value is -3.61. The molecule has 32 heavy (non-hydrogen) atoms. The van der Waals surface area contributed by atoms with E-state index < -0.39 is 0 Å². The fourth-order valence-electron chi connectivity index (χ4n) is 4.27. The third kappa shape index (κ3) is 4.23. The minimum absolute atomic E-state index is 0.0270. The Morgan fingerprint density at radius 3 is 2.09 bits per heavy atom. The zero-order valence-electron chi connectivity index (χ0n) is 17.9. The van der Waals surface area contributed by atoms with Gasteiger partial charge >= 0.3 is 0 Å². The van der Waals surface area contributed by atoms with E-state index in [-0.39, 0.29) is 11.8 Å². The summed E-state index contributed by atoms with van der Waals surface area (Å²) in [4.78, 5) is 29.4. The molecule has 3 heterocycles. The Bertz CT molecular complexity index is 1080. The standard InChI is InChI=1S/C25H26N4O3/c30-24(19-9-11-22(12-10-19)32-21-7-2-1-3-8-21)27-14-16-28(17-15-27)25(31)23-18-20-6-4-5-13-29(20)26-23/h1-3,7-12,18H,4-6,13-17H2. The Balaban J connectivity index is 1.17. The molecule has 5 rings (SSSR count). The second kappa shape index (κ2) is 8.86. The maximum atomic E-state index is 12.9. The van der Waals surface area contributed by atoms with Crippen LogP contribution in [-0.2, 0) is 13.0 Å². The van der Waals surface area contributed by atoms with Crippen molar-refractivity contribution in [3.05, 3.63) is 77.6 Å². The van der Waals surface area contributed by atoms with Gasteiger partial charge in [-0.1, -0.05) is 18.2 Å². The van der Waals surface area contributed by atoms with Crippen LogP contribution in [0, 0.1) is 0 Å². The quantitative estimate of drug-likeness (QED) is 0.634. The lowest BCUT2D eigenvalue weighted by Crippen LogP contribution is -2.50. The maximum Gasteiger partial charge on any atom is 0.274 e. The first kappa shape index (κ1) is 20.3. The van der Waals surface area contributed by atoms with Crippen LogP contribution < -0.4 is 4.74 Å². The molecule has 2 amide bonds. The number of benzene rings is 2. The topological polar surface area (TPSA) is 67.7 Å². The lowest BCUT2D eigenvalue weighted by Gasteiger charge is -2.34. The lowest BCUT2D eigenvalue weighted by atomic mass is 10.1. The van der Waals surface area contributed by atoms with E-state index in [0.717, 1.165) is 37.3 Å². The van der Waals surface area contributed by atoms with Crippen LogP contribution in [0.25, 0.3) is 0 Å². The highest BCUT2D eigenvalue weighted by Crippen LogP contribution is 2.22. The number of carbonyl (C=O) groups excluding carboxylic acids is 2. The average molecular weight is 431 g/mol. The first-order valence-corrected chi connectivity index (χ1v) is 11.2. The number of aryl methyl sites for hydroxylation is 2. The monoisotopic (exact) mass is 430 g/mol. The summed E-state index contributed by atoms with van der Waals surface area (Å²) >= 11 is 0. The molecule has 0 N–H and O–H groups in total. The largest absolute Gasteiger partial charge is 0.457 e. The van der Waals surface area contributed by atoms with Gasteiger partial charge in [0.05, 0.1) is 0 Å². The highest BCUT2D eigenvalue weighted by molar-refractivity contribution is 5.95. The zero-order valence-corrected chi connectivity index (χ0v) is 17.9. The van der Waals surface area contributed by atoms with Gasteiger partial charge in [0, 0.05) is 44.0 Å². The van der Waals surface area contributed by atoms with E-state index >= 15 is 0 Å². The molecule has 164 valence electrons. The Morgan fingerprint density at radius 1 is 0.750 bits per heavy atom.